The monoisotopic (exact) mass is 403 g/mol. The molecular weight excluding hydrogens is 374 g/mol. The molecule has 0 radical (unpaired) electrons. The van der Waals surface area contributed by atoms with E-state index in [2.05, 4.69) is 38.7 Å². The van der Waals surface area contributed by atoms with Gasteiger partial charge in [0.05, 0.1) is 18.0 Å². The number of nitrogens with zero attached hydrogens (tertiary/aromatic N) is 5. The summed E-state index contributed by atoms with van der Waals surface area (Å²) in [4.78, 5) is 20.3. The molecule has 2 saturated heterocycles. The number of carbonyl (C=O) groups is 1. The second-order valence-corrected chi connectivity index (χ2v) is 9.22. The second kappa shape index (κ2) is 8.71. The number of aromatic nitrogens is 2. The summed E-state index contributed by atoms with van der Waals surface area (Å²) in [5.74, 6) is 2.75. The molecule has 2 atom stereocenters. The van der Waals surface area contributed by atoms with Crippen LogP contribution in [0.2, 0.25) is 0 Å². The van der Waals surface area contributed by atoms with E-state index in [-0.39, 0.29) is 5.91 Å². The number of carbonyl (C=O) groups excluding carboxylic acids is 1. The van der Waals surface area contributed by atoms with Gasteiger partial charge in [-0.25, -0.2) is 0 Å². The van der Waals surface area contributed by atoms with Gasteiger partial charge in [-0.05, 0) is 29.7 Å². The van der Waals surface area contributed by atoms with Gasteiger partial charge in [0.25, 0.3) is 5.89 Å². The molecule has 28 heavy (non-hydrogen) atoms. The molecule has 2 aliphatic heterocycles. The Labute approximate surface area is 170 Å². The number of rotatable bonds is 5. The van der Waals surface area contributed by atoms with E-state index >= 15 is 0 Å². The van der Waals surface area contributed by atoms with Crippen molar-refractivity contribution in [3.05, 3.63) is 23.4 Å². The maximum Gasteiger partial charge on any atom is 0.257 e. The molecule has 0 spiro atoms. The van der Waals surface area contributed by atoms with Crippen molar-refractivity contribution < 1.29 is 9.21 Å². The highest BCUT2D eigenvalue weighted by atomic mass is 32.1. The maximum atomic E-state index is 12.7. The van der Waals surface area contributed by atoms with Crippen molar-refractivity contribution in [3.8, 4) is 10.8 Å². The fourth-order valence-electron chi connectivity index (χ4n) is 4.27. The van der Waals surface area contributed by atoms with Crippen molar-refractivity contribution in [2.45, 2.75) is 26.8 Å². The lowest BCUT2D eigenvalue weighted by Gasteiger charge is -2.38. The summed E-state index contributed by atoms with van der Waals surface area (Å²) < 4.78 is 5.79. The Kier molecular flexibility index (Phi) is 6.08. The Bertz CT molecular complexity index is 759. The fraction of sp³-hybridized carbons (Fsp3) is 0.650. The van der Waals surface area contributed by atoms with Crippen LogP contribution in [0.1, 0.15) is 26.2 Å². The normalized spacial score (nSPS) is 24.6. The smallest absolute Gasteiger partial charge is 0.257 e. The van der Waals surface area contributed by atoms with Crippen LogP contribution in [0.25, 0.3) is 10.8 Å². The van der Waals surface area contributed by atoms with Crippen molar-refractivity contribution in [3.63, 3.8) is 0 Å². The maximum absolute atomic E-state index is 12.7. The zero-order valence-electron chi connectivity index (χ0n) is 16.7. The van der Waals surface area contributed by atoms with Gasteiger partial charge in [-0.2, -0.15) is 0 Å². The second-order valence-electron chi connectivity index (χ2n) is 8.28. The van der Waals surface area contributed by atoms with E-state index in [1.807, 2.05) is 17.5 Å². The van der Waals surface area contributed by atoms with Crippen LogP contribution in [-0.4, -0.2) is 76.6 Å². The van der Waals surface area contributed by atoms with Crippen molar-refractivity contribution in [1.82, 2.24) is 24.9 Å². The average Bonchev–Trinajstić information content (AvgIpc) is 3.34. The van der Waals surface area contributed by atoms with Crippen LogP contribution in [0.4, 0.5) is 0 Å². The molecule has 0 N–H and O–H groups in total. The standard InChI is InChI=1S/C20H29N5O2S/c1-15-10-16(2)12-25(11-15)19(26)14-24-7-5-23(6-8-24)13-18-21-22-20(27-18)17-4-3-9-28-17/h3-4,9,15-16H,5-8,10-14H2,1-2H3. The first-order chi connectivity index (χ1) is 13.6. The van der Waals surface area contributed by atoms with Crippen molar-refractivity contribution in [2.75, 3.05) is 45.8 Å². The molecule has 1 amide bonds. The molecule has 0 saturated carbocycles. The predicted molar refractivity (Wildman–Crippen MR) is 109 cm³/mol. The summed E-state index contributed by atoms with van der Waals surface area (Å²) >= 11 is 1.60. The average molecular weight is 404 g/mol. The number of piperidine rings is 1. The lowest BCUT2D eigenvalue weighted by Crippen LogP contribution is -2.51. The molecular formula is C20H29N5O2S. The largest absolute Gasteiger partial charge is 0.419 e. The summed E-state index contributed by atoms with van der Waals surface area (Å²) in [5.41, 5.74) is 0. The van der Waals surface area contributed by atoms with E-state index < -0.39 is 0 Å². The minimum absolute atomic E-state index is 0.282. The molecule has 4 rings (SSSR count). The molecule has 0 aromatic carbocycles. The molecule has 2 aliphatic rings. The van der Waals surface area contributed by atoms with Crippen LogP contribution in [0.5, 0.6) is 0 Å². The number of amides is 1. The molecule has 2 aromatic heterocycles. The van der Waals surface area contributed by atoms with Crippen molar-refractivity contribution in [2.24, 2.45) is 11.8 Å². The zero-order chi connectivity index (χ0) is 19.5. The number of hydrogen-bond donors (Lipinski definition) is 0. The molecule has 4 heterocycles. The number of thiophene rings is 1. The van der Waals surface area contributed by atoms with Crippen LogP contribution in [0.15, 0.2) is 21.9 Å². The summed E-state index contributed by atoms with van der Waals surface area (Å²) in [6.45, 7) is 11.1. The first kappa shape index (κ1) is 19.5. The minimum atomic E-state index is 0.282. The SMILES string of the molecule is CC1CC(C)CN(C(=O)CN2CCN(Cc3nnc(-c4cccs4)o3)CC2)C1. The summed E-state index contributed by atoms with van der Waals surface area (Å²) in [5, 5.41) is 10.3. The third-order valence-electron chi connectivity index (χ3n) is 5.60. The highest BCUT2D eigenvalue weighted by Gasteiger charge is 2.27. The molecule has 8 heteroatoms. The first-order valence-corrected chi connectivity index (χ1v) is 11.0. The van der Waals surface area contributed by atoms with Gasteiger partial charge in [0.2, 0.25) is 11.8 Å². The van der Waals surface area contributed by atoms with Crippen molar-refractivity contribution in [1.29, 1.82) is 0 Å². The Morgan fingerprint density at radius 2 is 1.86 bits per heavy atom. The van der Waals surface area contributed by atoms with Gasteiger partial charge in [-0.3, -0.25) is 14.6 Å². The summed E-state index contributed by atoms with van der Waals surface area (Å²) in [6.07, 6.45) is 1.23. The van der Waals surface area contributed by atoms with E-state index in [1.54, 1.807) is 11.3 Å². The third-order valence-corrected chi connectivity index (χ3v) is 6.46. The summed E-state index contributed by atoms with van der Waals surface area (Å²) in [6, 6.07) is 3.97. The minimum Gasteiger partial charge on any atom is -0.419 e. The number of likely N-dealkylation sites (tertiary alicyclic amines) is 1. The van der Waals surface area contributed by atoms with E-state index in [0.29, 0.717) is 36.7 Å². The topological polar surface area (TPSA) is 65.7 Å². The van der Waals surface area contributed by atoms with E-state index in [4.69, 9.17) is 4.42 Å². The lowest BCUT2D eigenvalue weighted by molar-refractivity contribution is -0.135. The van der Waals surface area contributed by atoms with E-state index in [1.165, 1.54) is 6.42 Å². The molecule has 2 unspecified atom stereocenters. The van der Waals surface area contributed by atoms with E-state index in [9.17, 15) is 4.79 Å². The lowest BCUT2D eigenvalue weighted by atomic mass is 9.92. The highest BCUT2D eigenvalue weighted by molar-refractivity contribution is 7.13. The quantitative estimate of drug-likeness (QED) is 0.764. The fourth-order valence-corrected chi connectivity index (χ4v) is 4.92. The molecule has 0 aliphatic carbocycles. The van der Waals surface area contributed by atoms with E-state index in [0.717, 1.165) is 44.1 Å². The Hall–Kier alpha value is -1.77. The molecule has 0 bridgehead atoms. The van der Waals surface area contributed by atoms with Gasteiger partial charge in [0.1, 0.15) is 0 Å². The van der Waals surface area contributed by atoms with Gasteiger partial charge >= 0.3 is 0 Å². The van der Waals surface area contributed by atoms with Gasteiger partial charge in [-0.1, -0.05) is 19.9 Å². The number of piperazine rings is 1. The first-order valence-electron chi connectivity index (χ1n) is 10.2. The Morgan fingerprint density at radius 3 is 2.54 bits per heavy atom. The third kappa shape index (κ3) is 4.79. The molecule has 2 fully saturated rings. The van der Waals surface area contributed by atoms with Crippen LogP contribution >= 0.6 is 11.3 Å². The Morgan fingerprint density at radius 1 is 1.14 bits per heavy atom. The molecule has 152 valence electrons. The number of hydrogen-bond acceptors (Lipinski definition) is 7. The van der Waals surface area contributed by atoms with Gasteiger partial charge in [0, 0.05) is 39.3 Å². The van der Waals surface area contributed by atoms with Gasteiger partial charge in [-0.15, -0.1) is 21.5 Å². The van der Waals surface area contributed by atoms with Crippen LogP contribution < -0.4 is 0 Å². The van der Waals surface area contributed by atoms with Gasteiger partial charge in [0.15, 0.2) is 0 Å². The Balaban J connectivity index is 1.23. The zero-order valence-corrected chi connectivity index (χ0v) is 17.5. The summed E-state index contributed by atoms with van der Waals surface area (Å²) in [7, 11) is 0. The predicted octanol–water partition coefficient (Wildman–Crippen LogP) is 2.42. The van der Waals surface area contributed by atoms with Crippen LogP contribution in [-0.2, 0) is 11.3 Å². The molecule has 7 nitrogen and oxygen atoms in total. The molecule has 2 aromatic rings. The van der Waals surface area contributed by atoms with Crippen molar-refractivity contribution >= 4 is 17.2 Å². The highest BCUT2D eigenvalue weighted by Crippen LogP contribution is 2.24. The van der Waals surface area contributed by atoms with Crippen LogP contribution in [0.3, 0.4) is 0 Å². The van der Waals surface area contributed by atoms with Gasteiger partial charge < -0.3 is 9.32 Å². The van der Waals surface area contributed by atoms with Crippen LogP contribution in [0, 0.1) is 11.8 Å².